The maximum atomic E-state index is 11.9. The van der Waals surface area contributed by atoms with Crippen molar-refractivity contribution in [3.8, 4) is 0 Å². The van der Waals surface area contributed by atoms with Crippen molar-refractivity contribution in [2.24, 2.45) is 4.99 Å². The van der Waals surface area contributed by atoms with Gasteiger partial charge in [-0.2, -0.15) is 0 Å². The van der Waals surface area contributed by atoms with Crippen LogP contribution in [0.25, 0.3) is 0 Å². The Morgan fingerprint density at radius 2 is 2.23 bits per heavy atom. The minimum Gasteiger partial charge on any atom is -0.467 e. The molecule has 0 saturated carbocycles. The number of aliphatic imine (C=N–C) groups is 1. The Morgan fingerprint density at radius 1 is 1.31 bits per heavy atom. The Kier molecular flexibility index (Phi) is 8.71. The summed E-state index contributed by atoms with van der Waals surface area (Å²) in [4.78, 5) is 20.1. The number of rotatable bonds is 10. The molecule has 0 bridgehead atoms. The minimum absolute atomic E-state index is 0.0270. The Bertz CT molecular complexity index is 659. The molecule has 140 valence electrons. The molecule has 0 unspecified atom stereocenters. The van der Waals surface area contributed by atoms with Crippen molar-refractivity contribution in [3.05, 3.63) is 48.7 Å². The van der Waals surface area contributed by atoms with E-state index in [1.54, 1.807) is 30.8 Å². The number of nitrogens with zero attached hydrogens (tertiary/aromatic N) is 2. The molecule has 0 aromatic carbocycles. The lowest BCUT2D eigenvalue weighted by molar-refractivity contribution is -0.114. The van der Waals surface area contributed by atoms with Crippen molar-refractivity contribution in [3.63, 3.8) is 0 Å². The van der Waals surface area contributed by atoms with Crippen LogP contribution in [0.5, 0.6) is 0 Å². The normalized spacial score (nSPS) is 11.2. The van der Waals surface area contributed by atoms with Gasteiger partial charge in [-0.3, -0.25) is 9.78 Å². The molecule has 0 saturated heterocycles. The van der Waals surface area contributed by atoms with Gasteiger partial charge in [0, 0.05) is 25.9 Å². The molecular formula is C18H25N5O3. The van der Waals surface area contributed by atoms with Crippen molar-refractivity contribution in [1.82, 2.24) is 15.6 Å². The van der Waals surface area contributed by atoms with Crippen LogP contribution in [0.3, 0.4) is 0 Å². The Morgan fingerprint density at radius 3 is 2.96 bits per heavy atom. The first-order valence-electron chi connectivity index (χ1n) is 8.60. The number of hydrogen-bond donors (Lipinski definition) is 3. The summed E-state index contributed by atoms with van der Waals surface area (Å²) in [6.07, 6.45) is 5.68. The summed E-state index contributed by atoms with van der Waals surface area (Å²) in [5.74, 6) is 1.21. The van der Waals surface area contributed by atoms with Gasteiger partial charge in [-0.05, 0) is 37.6 Å². The van der Waals surface area contributed by atoms with Crippen LogP contribution >= 0.6 is 0 Å². The third kappa shape index (κ3) is 7.80. The van der Waals surface area contributed by atoms with Gasteiger partial charge in [0.15, 0.2) is 5.96 Å². The number of nitrogens with one attached hydrogen (secondary N) is 3. The largest absolute Gasteiger partial charge is 0.467 e. The number of amides is 1. The number of anilines is 1. The highest BCUT2D eigenvalue weighted by atomic mass is 16.5. The number of carbonyl (C=O) groups excluding carboxylic acids is 1. The first-order chi connectivity index (χ1) is 12.8. The highest BCUT2D eigenvalue weighted by Crippen LogP contribution is 2.02. The fourth-order valence-corrected chi connectivity index (χ4v) is 2.08. The van der Waals surface area contributed by atoms with Gasteiger partial charge < -0.3 is 25.1 Å². The number of guanidine groups is 1. The molecule has 2 heterocycles. The van der Waals surface area contributed by atoms with Crippen LogP contribution in [0.1, 0.15) is 19.1 Å². The Balaban J connectivity index is 1.64. The molecule has 8 nitrogen and oxygen atoms in total. The maximum absolute atomic E-state index is 11.9. The maximum Gasteiger partial charge on any atom is 0.246 e. The van der Waals surface area contributed by atoms with Crippen molar-refractivity contribution >= 4 is 17.6 Å². The zero-order valence-corrected chi connectivity index (χ0v) is 14.9. The molecule has 0 spiro atoms. The standard InChI is InChI=1S/C18H25N5O3/c1-2-20-18(21-9-5-10-25-14-16-7-4-11-26-16)22-13-17(24)23-15-6-3-8-19-12-15/h3-4,6-8,11-12H,2,5,9-10,13-14H2,1H3,(H,23,24)(H2,20,21,22). The van der Waals surface area contributed by atoms with Crippen LogP contribution in [0, 0.1) is 0 Å². The third-order valence-corrected chi connectivity index (χ3v) is 3.25. The first-order valence-corrected chi connectivity index (χ1v) is 8.60. The molecule has 0 radical (unpaired) electrons. The van der Waals surface area contributed by atoms with E-state index < -0.39 is 0 Å². The van der Waals surface area contributed by atoms with Gasteiger partial charge in [0.1, 0.15) is 18.9 Å². The van der Waals surface area contributed by atoms with Crippen LogP contribution in [0.4, 0.5) is 5.69 Å². The zero-order valence-electron chi connectivity index (χ0n) is 14.9. The number of pyridine rings is 1. The summed E-state index contributed by atoms with van der Waals surface area (Å²) in [6, 6.07) is 7.26. The molecule has 3 N–H and O–H groups in total. The third-order valence-electron chi connectivity index (χ3n) is 3.25. The number of hydrogen-bond acceptors (Lipinski definition) is 5. The molecule has 0 aliphatic heterocycles. The molecule has 2 aromatic rings. The number of carbonyl (C=O) groups is 1. The van der Waals surface area contributed by atoms with Gasteiger partial charge in [-0.15, -0.1) is 0 Å². The van der Waals surface area contributed by atoms with Crippen molar-refractivity contribution in [2.45, 2.75) is 20.0 Å². The first kappa shape index (κ1) is 19.5. The van der Waals surface area contributed by atoms with Gasteiger partial charge >= 0.3 is 0 Å². The van der Waals surface area contributed by atoms with E-state index in [0.29, 0.717) is 38.0 Å². The molecule has 8 heteroatoms. The molecule has 0 atom stereocenters. The van der Waals surface area contributed by atoms with E-state index in [2.05, 4.69) is 25.9 Å². The van der Waals surface area contributed by atoms with E-state index in [1.807, 2.05) is 19.1 Å². The second-order valence-electron chi connectivity index (χ2n) is 5.40. The zero-order chi connectivity index (χ0) is 18.5. The van der Waals surface area contributed by atoms with E-state index in [9.17, 15) is 4.79 Å². The van der Waals surface area contributed by atoms with Crippen LogP contribution in [-0.2, 0) is 16.1 Å². The van der Waals surface area contributed by atoms with Gasteiger partial charge in [0.2, 0.25) is 5.91 Å². The monoisotopic (exact) mass is 359 g/mol. The van der Waals surface area contributed by atoms with Crippen LogP contribution in [0.15, 0.2) is 52.3 Å². The molecule has 2 aromatic heterocycles. The van der Waals surface area contributed by atoms with Crippen molar-refractivity contribution in [1.29, 1.82) is 0 Å². The van der Waals surface area contributed by atoms with Crippen molar-refractivity contribution in [2.75, 3.05) is 31.6 Å². The molecule has 2 rings (SSSR count). The number of ether oxygens (including phenoxy) is 1. The topological polar surface area (TPSA) is 101 Å². The molecule has 0 fully saturated rings. The fourth-order valence-electron chi connectivity index (χ4n) is 2.08. The van der Waals surface area contributed by atoms with Gasteiger partial charge in [0.25, 0.3) is 0 Å². The second kappa shape index (κ2) is 11.6. The van der Waals surface area contributed by atoms with Crippen molar-refractivity contribution < 1.29 is 13.9 Å². The SMILES string of the molecule is CCNC(=NCC(=O)Nc1cccnc1)NCCCOCc1ccco1. The lowest BCUT2D eigenvalue weighted by Crippen LogP contribution is -2.38. The summed E-state index contributed by atoms with van der Waals surface area (Å²) < 4.78 is 10.7. The number of aromatic nitrogens is 1. The van der Waals surface area contributed by atoms with Gasteiger partial charge in [0.05, 0.1) is 18.1 Å². The molecule has 0 aliphatic carbocycles. The fraction of sp³-hybridized carbons (Fsp3) is 0.389. The average molecular weight is 359 g/mol. The highest BCUT2D eigenvalue weighted by molar-refractivity contribution is 5.93. The Labute approximate surface area is 153 Å². The molecule has 26 heavy (non-hydrogen) atoms. The predicted molar refractivity (Wildman–Crippen MR) is 99.8 cm³/mol. The second-order valence-corrected chi connectivity index (χ2v) is 5.40. The summed E-state index contributed by atoms with van der Waals surface area (Å²) in [5.41, 5.74) is 0.652. The molecule has 0 aliphatic rings. The lowest BCUT2D eigenvalue weighted by atomic mass is 10.4. The Hall–Kier alpha value is -2.87. The number of furan rings is 1. The summed E-state index contributed by atoms with van der Waals surface area (Å²) in [6.45, 7) is 4.47. The van der Waals surface area contributed by atoms with Crippen LogP contribution in [0.2, 0.25) is 0 Å². The van der Waals surface area contributed by atoms with Gasteiger partial charge in [-0.25, -0.2) is 4.99 Å². The summed E-state index contributed by atoms with van der Waals surface area (Å²) in [7, 11) is 0. The van der Waals surface area contributed by atoms with E-state index in [4.69, 9.17) is 9.15 Å². The smallest absolute Gasteiger partial charge is 0.246 e. The van der Waals surface area contributed by atoms with Crippen LogP contribution < -0.4 is 16.0 Å². The quantitative estimate of drug-likeness (QED) is 0.340. The summed E-state index contributed by atoms with van der Waals surface area (Å²) >= 11 is 0. The average Bonchev–Trinajstić information content (AvgIpc) is 3.16. The van der Waals surface area contributed by atoms with Gasteiger partial charge in [-0.1, -0.05) is 0 Å². The highest BCUT2D eigenvalue weighted by Gasteiger charge is 2.03. The minimum atomic E-state index is -0.197. The predicted octanol–water partition coefficient (Wildman–Crippen LogP) is 1.78. The lowest BCUT2D eigenvalue weighted by Gasteiger charge is -2.11. The molecular weight excluding hydrogens is 334 g/mol. The van der Waals surface area contributed by atoms with E-state index >= 15 is 0 Å². The van der Waals surface area contributed by atoms with E-state index in [1.165, 1.54) is 0 Å². The van der Waals surface area contributed by atoms with Crippen LogP contribution in [-0.4, -0.2) is 43.1 Å². The van der Waals surface area contributed by atoms with E-state index in [-0.39, 0.29) is 12.5 Å². The molecule has 1 amide bonds. The summed E-state index contributed by atoms with van der Waals surface area (Å²) in [5, 5.41) is 9.03. The van der Waals surface area contributed by atoms with E-state index in [0.717, 1.165) is 12.2 Å².